The third kappa shape index (κ3) is 7.21. The average molecular weight is 571 g/mol. The number of hydrogen-bond donors (Lipinski definition) is 1. The van der Waals surface area contributed by atoms with Crippen LogP contribution in [0.5, 0.6) is 11.5 Å². The predicted octanol–water partition coefficient (Wildman–Crippen LogP) is 6.52. The van der Waals surface area contributed by atoms with Crippen LogP contribution < -0.4 is 9.47 Å². The fourth-order valence-corrected chi connectivity index (χ4v) is 5.20. The highest BCUT2D eigenvalue weighted by Crippen LogP contribution is 2.40. The van der Waals surface area contributed by atoms with Gasteiger partial charge in [-0.05, 0) is 73.5 Å². The number of aliphatic hydroxyl groups excluding tert-OH is 1. The Morgan fingerprint density at radius 2 is 1.60 bits per heavy atom. The molecule has 1 aliphatic heterocycles. The minimum atomic E-state index is -0.719. The van der Waals surface area contributed by atoms with Crippen LogP contribution in [0.15, 0.2) is 78.4 Å². The molecule has 4 rings (SSSR count). The number of likely N-dealkylation sites (N-methyl/N-ethyl adjacent to an activating group) is 1. The van der Waals surface area contributed by atoms with Crippen molar-refractivity contribution < 1.29 is 24.2 Å². The van der Waals surface area contributed by atoms with E-state index in [1.165, 1.54) is 0 Å². The van der Waals surface area contributed by atoms with E-state index in [4.69, 9.17) is 9.47 Å². The van der Waals surface area contributed by atoms with Gasteiger partial charge in [0.05, 0.1) is 18.2 Å². The summed E-state index contributed by atoms with van der Waals surface area (Å²) in [5.74, 6) is -0.0675. The number of benzene rings is 3. The molecule has 1 amide bonds. The Labute approximate surface area is 249 Å². The van der Waals surface area contributed by atoms with E-state index >= 15 is 0 Å². The van der Waals surface area contributed by atoms with Crippen LogP contribution in [-0.2, 0) is 16.2 Å². The van der Waals surface area contributed by atoms with E-state index in [-0.39, 0.29) is 11.3 Å². The summed E-state index contributed by atoms with van der Waals surface area (Å²) >= 11 is 0. The molecule has 3 aromatic rings. The van der Waals surface area contributed by atoms with E-state index in [0.717, 1.165) is 42.6 Å². The lowest BCUT2D eigenvalue weighted by molar-refractivity contribution is -0.140. The molecule has 222 valence electrons. The third-order valence-corrected chi connectivity index (χ3v) is 7.76. The Morgan fingerprint density at radius 3 is 2.24 bits per heavy atom. The number of likely N-dealkylation sites (tertiary alicyclic amines) is 1. The molecule has 0 radical (unpaired) electrons. The number of rotatable bonds is 14. The van der Waals surface area contributed by atoms with Crippen molar-refractivity contribution >= 4 is 17.4 Å². The molecule has 7 nitrogen and oxygen atoms in total. The molecule has 1 atom stereocenters. The maximum atomic E-state index is 13.5. The van der Waals surface area contributed by atoms with Gasteiger partial charge in [-0.1, -0.05) is 69.7 Å². The first-order chi connectivity index (χ1) is 20.4. The van der Waals surface area contributed by atoms with Gasteiger partial charge in [0.15, 0.2) is 0 Å². The Kier molecular flexibility index (Phi) is 10.8. The SMILES string of the molecule is CCCCOc1ccc(C(O)=C2C(=O)C(=O)N(CCN(CC)CC)C2c2ccc(OCc3ccccc3)cc2)c(C)c1. The van der Waals surface area contributed by atoms with Crippen molar-refractivity contribution in [3.8, 4) is 11.5 Å². The molecule has 0 saturated carbocycles. The van der Waals surface area contributed by atoms with Gasteiger partial charge in [0.1, 0.15) is 23.9 Å². The van der Waals surface area contributed by atoms with Gasteiger partial charge in [-0.25, -0.2) is 0 Å². The van der Waals surface area contributed by atoms with Gasteiger partial charge in [-0.2, -0.15) is 0 Å². The summed E-state index contributed by atoms with van der Waals surface area (Å²) < 4.78 is 11.8. The molecule has 42 heavy (non-hydrogen) atoms. The largest absolute Gasteiger partial charge is 0.507 e. The summed E-state index contributed by atoms with van der Waals surface area (Å²) in [4.78, 5) is 30.7. The van der Waals surface area contributed by atoms with Crippen LogP contribution in [0.25, 0.3) is 5.76 Å². The van der Waals surface area contributed by atoms with Crippen molar-refractivity contribution in [2.24, 2.45) is 0 Å². The molecule has 0 bridgehead atoms. The second kappa shape index (κ2) is 14.7. The maximum absolute atomic E-state index is 13.5. The minimum absolute atomic E-state index is 0.0975. The smallest absolute Gasteiger partial charge is 0.295 e. The zero-order chi connectivity index (χ0) is 30.1. The van der Waals surface area contributed by atoms with Gasteiger partial charge < -0.3 is 24.4 Å². The Morgan fingerprint density at radius 1 is 0.905 bits per heavy atom. The zero-order valence-corrected chi connectivity index (χ0v) is 25.1. The van der Waals surface area contributed by atoms with Crippen molar-refractivity contribution in [1.82, 2.24) is 9.80 Å². The summed E-state index contributed by atoms with van der Waals surface area (Å²) in [6, 6.07) is 22.0. The molecule has 1 unspecified atom stereocenters. The summed E-state index contributed by atoms with van der Waals surface area (Å²) in [6.07, 6.45) is 1.99. The third-order valence-electron chi connectivity index (χ3n) is 7.76. The Bertz CT molecular complexity index is 1380. The Hall–Kier alpha value is -4.10. The van der Waals surface area contributed by atoms with Crippen LogP contribution in [0.1, 0.15) is 61.9 Å². The summed E-state index contributed by atoms with van der Waals surface area (Å²) in [7, 11) is 0. The molecular weight excluding hydrogens is 528 g/mol. The van der Waals surface area contributed by atoms with Crippen molar-refractivity contribution in [3.63, 3.8) is 0 Å². The van der Waals surface area contributed by atoms with E-state index in [1.807, 2.05) is 67.6 Å². The van der Waals surface area contributed by atoms with Crippen LogP contribution in [0.3, 0.4) is 0 Å². The molecule has 7 heteroatoms. The average Bonchev–Trinajstić information content (AvgIpc) is 3.26. The quantitative estimate of drug-likeness (QED) is 0.103. The van der Waals surface area contributed by atoms with E-state index in [1.54, 1.807) is 17.0 Å². The number of aryl methyl sites for hydroxylation is 1. The highest BCUT2D eigenvalue weighted by Gasteiger charge is 2.46. The highest BCUT2D eigenvalue weighted by molar-refractivity contribution is 6.46. The standard InChI is InChI=1S/C35H42N2O5/c1-5-8-22-41-29-18-19-30(25(4)23-29)33(38)31-32(37(35(40)34(31)39)21-20-36(6-2)7-3)27-14-16-28(17-15-27)42-24-26-12-10-9-11-13-26/h9-19,23,32,38H,5-8,20-22,24H2,1-4H3. The summed E-state index contributed by atoms with van der Waals surface area (Å²) in [6.45, 7) is 11.8. The van der Waals surface area contributed by atoms with Crippen LogP contribution in [0.4, 0.5) is 0 Å². The first kappa shape index (κ1) is 30.8. The van der Waals surface area contributed by atoms with Crippen LogP contribution in [-0.4, -0.2) is 59.4 Å². The van der Waals surface area contributed by atoms with E-state index in [2.05, 4.69) is 25.7 Å². The maximum Gasteiger partial charge on any atom is 0.295 e. The number of Topliss-reactive ketones (excluding diaryl/α,β-unsaturated/α-hetero) is 1. The van der Waals surface area contributed by atoms with Crippen LogP contribution in [0, 0.1) is 6.92 Å². The lowest BCUT2D eigenvalue weighted by Gasteiger charge is -2.28. The van der Waals surface area contributed by atoms with Crippen molar-refractivity contribution in [1.29, 1.82) is 0 Å². The fraction of sp³-hybridized carbons (Fsp3) is 0.371. The molecule has 1 aliphatic rings. The number of ether oxygens (including phenoxy) is 2. The molecule has 1 heterocycles. The normalized spacial score (nSPS) is 16.3. The topological polar surface area (TPSA) is 79.3 Å². The van der Waals surface area contributed by atoms with E-state index < -0.39 is 17.7 Å². The van der Waals surface area contributed by atoms with Gasteiger partial charge in [-0.3, -0.25) is 9.59 Å². The van der Waals surface area contributed by atoms with Gasteiger partial charge >= 0.3 is 0 Å². The Balaban J connectivity index is 1.67. The van der Waals surface area contributed by atoms with E-state index in [9.17, 15) is 14.7 Å². The molecule has 1 N–H and O–H groups in total. The molecule has 0 aliphatic carbocycles. The van der Waals surface area contributed by atoms with Crippen molar-refractivity contribution in [3.05, 3.63) is 101 Å². The van der Waals surface area contributed by atoms with Crippen LogP contribution in [0.2, 0.25) is 0 Å². The first-order valence-corrected chi connectivity index (χ1v) is 14.9. The number of amides is 1. The fourth-order valence-electron chi connectivity index (χ4n) is 5.20. The number of hydrogen-bond acceptors (Lipinski definition) is 6. The molecule has 0 aromatic heterocycles. The van der Waals surface area contributed by atoms with Crippen molar-refractivity contribution in [2.75, 3.05) is 32.8 Å². The monoisotopic (exact) mass is 570 g/mol. The van der Waals surface area contributed by atoms with Gasteiger partial charge in [-0.15, -0.1) is 0 Å². The second-order valence-electron chi connectivity index (χ2n) is 10.5. The first-order valence-electron chi connectivity index (χ1n) is 14.9. The van der Waals surface area contributed by atoms with Gasteiger partial charge in [0, 0.05) is 18.7 Å². The second-order valence-corrected chi connectivity index (χ2v) is 10.5. The summed E-state index contributed by atoms with van der Waals surface area (Å²) in [5, 5.41) is 11.6. The number of nitrogens with zero attached hydrogens (tertiary/aromatic N) is 2. The molecule has 1 fully saturated rings. The lowest BCUT2D eigenvalue weighted by Crippen LogP contribution is -2.38. The molecule has 1 saturated heterocycles. The van der Waals surface area contributed by atoms with Crippen molar-refractivity contribution in [2.45, 2.75) is 53.2 Å². The molecular formula is C35H42N2O5. The minimum Gasteiger partial charge on any atom is -0.507 e. The van der Waals surface area contributed by atoms with Crippen LogP contribution >= 0.6 is 0 Å². The van der Waals surface area contributed by atoms with Gasteiger partial charge in [0.25, 0.3) is 11.7 Å². The lowest BCUT2D eigenvalue weighted by atomic mass is 9.94. The number of aliphatic hydroxyl groups is 1. The molecule has 0 spiro atoms. The molecule has 3 aromatic carbocycles. The number of ketones is 1. The number of carbonyl (C=O) groups is 2. The van der Waals surface area contributed by atoms with E-state index in [0.29, 0.717) is 43.4 Å². The number of carbonyl (C=O) groups excluding carboxylic acids is 2. The summed E-state index contributed by atoms with van der Waals surface area (Å²) in [5.41, 5.74) is 3.16. The number of unbranched alkanes of at least 4 members (excludes halogenated alkanes) is 1. The van der Waals surface area contributed by atoms with Gasteiger partial charge in [0.2, 0.25) is 0 Å². The zero-order valence-electron chi connectivity index (χ0n) is 25.1. The predicted molar refractivity (Wildman–Crippen MR) is 166 cm³/mol. The highest BCUT2D eigenvalue weighted by atomic mass is 16.5.